The Morgan fingerprint density at radius 2 is 1.36 bits per heavy atom. The van der Waals surface area contributed by atoms with Crippen LogP contribution in [0.25, 0.3) is 12.2 Å². The Kier molecular flexibility index (Phi) is 10.4. The van der Waals surface area contributed by atoms with Crippen LogP contribution in [0.1, 0.15) is 30.5 Å². The maximum Gasteiger partial charge on any atom is 0.499 e. The number of hydrogen-bond donors (Lipinski definition) is 0. The van der Waals surface area contributed by atoms with Crippen molar-refractivity contribution in [3.63, 3.8) is 0 Å². The monoisotopic (exact) mass is 559 g/mol. The van der Waals surface area contributed by atoms with Crippen LogP contribution in [0.4, 0.5) is 22.0 Å². The van der Waals surface area contributed by atoms with Crippen LogP contribution in [0.2, 0.25) is 0 Å². The number of ether oxygens (including phenoxy) is 5. The molecule has 214 valence electrons. The summed E-state index contributed by atoms with van der Waals surface area (Å²) in [5.74, 6) is -0.600. The molecule has 0 N–H and O–H groups in total. The van der Waals surface area contributed by atoms with Crippen molar-refractivity contribution in [1.82, 2.24) is 0 Å². The Morgan fingerprint density at radius 1 is 0.821 bits per heavy atom. The minimum absolute atomic E-state index is 0.311. The fourth-order valence-electron chi connectivity index (χ4n) is 3.90. The smallest absolute Gasteiger partial charge is 0.426 e. The molecule has 0 amide bonds. The predicted octanol–water partition coefficient (Wildman–Crippen LogP) is 5.92. The average molecular weight is 560 g/mol. The third kappa shape index (κ3) is 7.98. The standard InChI is InChI=1S/C27H30F5NO6/c1-5-36-23-22(34-3)17(2)37-25(24(23)35-4)39-33-16-20-10-8-18(9-11-20)6-7-19-12-14-21(15-13-19)38-27(31,32)26(28,29)30/h6-17,22-25H,5H2,1-4H3/t17-,22-,23+,24+,25-/m0/s1. The van der Waals surface area contributed by atoms with Gasteiger partial charge in [0.2, 0.25) is 0 Å². The zero-order chi connectivity index (χ0) is 28.6. The summed E-state index contributed by atoms with van der Waals surface area (Å²) >= 11 is 0. The van der Waals surface area contributed by atoms with Crippen LogP contribution in [0.15, 0.2) is 53.7 Å². The first-order valence-corrected chi connectivity index (χ1v) is 12.0. The first-order chi connectivity index (χ1) is 18.5. The van der Waals surface area contributed by atoms with E-state index >= 15 is 0 Å². The van der Waals surface area contributed by atoms with Gasteiger partial charge in [0.15, 0.2) is 6.10 Å². The average Bonchev–Trinajstić information content (AvgIpc) is 2.88. The second-order valence-corrected chi connectivity index (χ2v) is 8.56. The van der Waals surface area contributed by atoms with Crippen LogP contribution in [0.3, 0.4) is 0 Å². The van der Waals surface area contributed by atoms with Gasteiger partial charge in [0.25, 0.3) is 6.29 Å². The van der Waals surface area contributed by atoms with Crippen LogP contribution in [0, 0.1) is 0 Å². The van der Waals surface area contributed by atoms with E-state index in [0.29, 0.717) is 12.2 Å². The van der Waals surface area contributed by atoms with E-state index in [4.69, 9.17) is 23.8 Å². The molecule has 1 heterocycles. The highest BCUT2D eigenvalue weighted by molar-refractivity contribution is 5.80. The lowest BCUT2D eigenvalue weighted by Gasteiger charge is -2.42. The molecule has 0 aromatic heterocycles. The number of alkyl halides is 5. The van der Waals surface area contributed by atoms with Crippen LogP contribution in [-0.2, 0) is 23.8 Å². The minimum atomic E-state index is -5.80. The van der Waals surface area contributed by atoms with E-state index in [9.17, 15) is 22.0 Å². The van der Waals surface area contributed by atoms with Crippen molar-refractivity contribution in [3.8, 4) is 5.75 Å². The lowest BCUT2D eigenvalue weighted by Crippen LogP contribution is -2.59. The number of rotatable bonds is 11. The Labute approximate surface area is 223 Å². The zero-order valence-corrected chi connectivity index (χ0v) is 21.7. The summed E-state index contributed by atoms with van der Waals surface area (Å²) in [6.45, 7) is 4.20. The van der Waals surface area contributed by atoms with Crippen molar-refractivity contribution < 1.29 is 50.5 Å². The van der Waals surface area contributed by atoms with E-state index in [0.717, 1.165) is 23.3 Å². The second-order valence-electron chi connectivity index (χ2n) is 8.56. The van der Waals surface area contributed by atoms with Gasteiger partial charge in [-0.3, -0.25) is 0 Å². The van der Waals surface area contributed by atoms with Crippen molar-refractivity contribution in [2.75, 3.05) is 20.8 Å². The van der Waals surface area contributed by atoms with Crippen molar-refractivity contribution in [1.29, 1.82) is 0 Å². The molecule has 2 aromatic carbocycles. The van der Waals surface area contributed by atoms with Gasteiger partial charge in [0, 0.05) is 20.8 Å². The highest BCUT2D eigenvalue weighted by atomic mass is 19.4. The van der Waals surface area contributed by atoms with E-state index < -0.39 is 36.5 Å². The molecule has 0 unspecified atom stereocenters. The van der Waals surface area contributed by atoms with Gasteiger partial charge in [-0.15, -0.1) is 0 Å². The fourth-order valence-corrected chi connectivity index (χ4v) is 3.90. The molecule has 0 aliphatic carbocycles. The molecule has 5 atom stereocenters. The Morgan fingerprint density at radius 3 is 1.87 bits per heavy atom. The third-order valence-corrected chi connectivity index (χ3v) is 5.86. The van der Waals surface area contributed by atoms with Gasteiger partial charge in [-0.1, -0.05) is 53.7 Å². The fraction of sp³-hybridized carbons (Fsp3) is 0.444. The maximum atomic E-state index is 13.0. The molecule has 1 aliphatic rings. The highest BCUT2D eigenvalue weighted by Gasteiger charge is 2.61. The summed E-state index contributed by atoms with van der Waals surface area (Å²) in [5, 5.41) is 4.04. The molecule has 1 aliphatic heterocycles. The molecule has 1 saturated heterocycles. The number of oxime groups is 1. The summed E-state index contributed by atoms with van der Waals surface area (Å²) < 4.78 is 89.4. The van der Waals surface area contributed by atoms with Gasteiger partial charge in [-0.2, -0.15) is 22.0 Å². The molecule has 7 nitrogen and oxygen atoms in total. The molecule has 2 aromatic rings. The van der Waals surface area contributed by atoms with E-state index in [1.807, 2.05) is 26.0 Å². The molecular formula is C27H30F5NO6. The Balaban J connectivity index is 1.57. The topological polar surface area (TPSA) is 67.7 Å². The Bertz CT molecular complexity index is 1090. The molecule has 0 spiro atoms. The van der Waals surface area contributed by atoms with E-state index in [1.165, 1.54) is 25.5 Å². The SMILES string of the molecule is CCO[C@@H]1[C@@H](OC)[C@H](C)O[C@@H](ON=Cc2ccc(C=Cc3ccc(OC(F)(F)C(F)(F)F)cc3)cc2)[C@@H]1OC. The summed E-state index contributed by atoms with van der Waals surface area (Å²) in [7, 11) is 3.11. The highest BCUT2D eigenvalue weighted by Crippen LogP contribution is 2.37. The number of methoxy groups -OCH3 is 2. The molecular weight excluding hydrogens is 529 g/mol. The predicted molar refractivity (Wildman–Crippen MR) is 133 cm³/mol. The Hall–Kier alpha value is -3.06. The molecule has 0 radical (unpaired) electrons. The quantitative estimate of drug-likeness (QED) is 0.147. The van der Waals surface area contributed by atoms with Crippen LogP contribution < -0.4 is 4.74 Å². The van der Waals surface area contributed by atoms with Gasteiger partial charge in [-0.05, 0) is 42.7 Å². The molecule has 0 saturated carbocycles. The van der Waals surface area contributed by atoms with Crippen molar-refractivity contribution in [3.05, 3.63) is 65.2 Å². The second kappa shape index (κ2) is 13.3. The van der Waals surface area contributed by atoms with Crippen molar-refractivity contribution in [2.24, 2.45) is 5.16 Å². The van der Waals surface area contributed by atoms with E-state index in [1.54, 1.807) is 31.4 Å². The van der Waals surface area contributed by atoms with E-state index in [2.05, 4.69) is 9.89 Å². The lowest BCUT2D eigenvalue weighted by molar-refractivity contribution is -0.360. The third-order valence-electron chi connectivity index (χ3n) is 5.86. The van der Waals surface area contributed by atoms with E-state index in [-0.39, 0.29) is 12.2 Å². The summed E-state index contributed by atoms with van der Waals surface area (Å²) in [5.41, 5.74) is 2.13. The van der Waals surface area contributed by atoms with Gasteiger partial charge in [0.1, 0.15) is 18.0 Å². The van der Waals surface area contributed by atoms with Crippen LogP contribution in [-0.4, -0.2) is 70.0 Å². The normalized spacial score (nSPS) is 24.4. The van der Waals surface area contributed by atoms with Gasteiger partial charge in [-0.25, -0.2) is 0 Å². The number of benzene rings is 2. The zero-order valence-electron chi connectivity index (χ0n) is 21.7. The van der Waals surface area contributed by atoms with Crippen LogP contribution >= 0.6 is 0 Å². The summed E-state index contributed by atoms with van der Waals surface area (Å²) in [4.78, 5) is 5.58. The van der Waals surface area contributed by atoms with Gasteiger partial charge in [0.05, 0.1) is 12.3 Å². The largest absolute Gasteiger partial charge is 0.499 e. The number of nitrogens with zero attached hydrogens (tertiary/aromatic N) is 1. The number of hydrogen-bond acceptors (Lipinski definition) is 7. The van der Waals surface area contributed by atoms with Crippen molar-refractivity contribution >= 4 is 18.4 Å². The molecule has 3 rings (SSSR count). The van der Waals surface area contributed by atoms with Gasteiger partial charge < -0.3 is 28.5 Å². The molecule has 39 heavy (non-hydrogen) atoms. The van der Waals surface area contributed by atoms with Crippen LogP contribution in [0.5, 0.6) is 5.75 Å². The molecule has 12 heteroatoms. The van der Waals surface area contributed by atoms with Crippen molar-refractivity contribution in [2.45, 2.75) is 56.8 Å². The van der Waals surface area contributed by atoms with Gasteiger partial charge >= 0.3 is 12.3 Å². The lowest BCUT2D eigenvalue weighted by atomic mass is 9.99. The molecule has 0 bridgehead atoms. The maximum absolute atomic E-state index is 13.0. The summed E-state index contributed by atoms with van der Waals surface area (Å²) in [6.07, 6.45) is -8.54. The first kappa shape index (κ1) is 30.5. The summed E-state index contributed by atoms with van der Waals surface area (Å²) in [6, 6.07) is 12.0. The molecule has 1 fully saturated rings. The minimum Gasteiger partial charge on any atom is -0.426 e. The number of halogens is 5. The first-order valence-electron chi connectivity index (χ1n) is 12.0.